The van der Waals surface area contributed by atoms with E-state index < -0.39 is 0 Å². The Morgan fingerprint density at radius 3 is 1.90 bits per heavy atom. The molecule has 0 spiro atoms. The minimum Gasteiger partial charge on any atom is -0.293 e. The Kier molecular flexibility index (Phi) is 1.38. The van der Waals surface area contributed by atoms with Crippen molar-refractivity contribution in [2.75, 3.05) is 13.1 Å². The fourth-order valence-corrected chi connectivity index (χ4v) is 1.34. The Labute approximate surface area is 60.4 Å². The SMILES string of the molecule is C1=NCCC2=C1CCN=C2. The minimum absolute atomic E-state index is 0.949. The molecule has 52 valence electrons. The lowest BCUT2D eigenvalue weighted by molar-refractivity contribution is 0.892. The van der Waals surface area contributed by atoms with Crippen molar-refractivity contribution in [2.24, 2.45) is 9.98 Å². The molecule has 0 saturated heterocycles. The maximum atomic E-state index is 4.22. The van der Waals surface area contributed by atoms with Gasteiger partial charge in [0.1, 0.15) is 0 Å². The van der Waals surface area contributed by atoms with Crippen molar-refractivity contribution in [3.05, 3.63) is 11.1 Å². The Hall–Kier alpha value is -0.920. The molecule has 0 aliphatic carbocycles. The molecule has 2 rings (SSSR count). The van der Waals surface area contributed by atoms with E-state index in [2.05, 4.69) is 9.98 Å². The highest BCUT2D eigenvalue weighted by Crippen LogP contribution is 2.16. The van der Waals surface area contributed by atoms with E-state index in [4.69, 9.17) is 0 Å². The first-order chi connectivity index (χ1) is 4.97. The van der Waals surface area contributed by atoms with E-state index in [0.29, 0.717) is 0 Å². The summed E-state index contributed by atoms with van der Waals surface area (Å²) in [6, 6.07) is 0. The highest BCUT2D eigenvalue weighted by Gasteiger charge is 2.09. The van der Waals surface area contributed by atoms with Crippen LogP contribution in [0.3, 0.4) is 0 Å². The molecule has 0 unspecified atom stereocenters. The smallest absolute Gasteiger partial charge is 0.0430 e. The van der Waals surface area contributed by atoms with E-state index in [0.717, 1.165) is 25.9 Å². The summed E-state index contributed by atoms with van der Waals surface area (Å²) < 4.78 is 0. The molecule has 0 N–H and O–H groups in total. The van der Waals surface area contributed by atoms with Crippen LogP contribution in [0.1, 0.15) is 12.8 Å². The zero-order valence-electron chi connectivity index (χ0n) is 5.88. The van der Waals surface area contributed by atoms with Crippen LogP contribution in [0.15, 0.2) is 21.1 Å². The van der Waals surface area contributed by atoms with Gasteiger partial charge in [-0.3, -0.25) is 9.98 Å². The van der Waals surface area contributed by atoms with Gasteiger partial charge in [-0.25, -0.2) is 0 Å². The van der Waals surface area contributed by atoms with E-state index >= 15 is 0 Å². The van der Waals surface area contributed by atoms with Crippen molar-refractivity contribution in [3.63, 3.8) is 0 Å². The van der Waals surface area contributed by atoms with E-state index in [1.54, 1.807) is 0 Å². The summed E-state index contributed by atoms with van der Waals surface area (Å²) in [4.78, 5) is 8.43. The Bertz CT molecular complexity index is 199. The zero-order valence-corrected chi connectivity index (χ0v) is 5.88. The molecule has 2 aliphatic heterocycles. The van der Waals surface area contributed by atoms with Crippen LogP contribution < -0.4 is 0 Å². The first-order valence-corrected chi connectivity index (χ1v) is 3.68. The van der Waals surface area contributed by atoms with Gasteiger partial charge in [0.25, 0.3) is 0 Å². The van der Waals surface area contributed by atoms with Crippen molar-refractivity contribution >= 4 is 12.4 Å². The number of hydrogen-bond donors (Lipinski definition) is 0. The molecule has 0 aromatic rings. The van der Waals surface area contributed by atoms with Crippen LogP contribution in [0.2, 0.25) is 0 Å². The lowest BCUT2D eigenvalue weighted by Gasteiger charge is -2.14. The normalized spacial score (nSPS) is 23.2. The van der Waals surface area contributed by atoms with Gasteiger partial charge in [0.2, 0.25) is 0 Å². The molecule has 0 aromatic heterocycles. The fourth-order valence-electron chi connectivity index (χ4n) is 1.34. The van der Waals surface area contributed by atoms with Gasteiger partial charge in [-0.2, -0.15) is 0 Å². The van der Waals surface area contributed by atoms with Crippen LogP contribution in [-0.4, -0.2) is 25.5 Å². The van der Waals surface area contributed by atoms with E-state index in [1.807, 2.05) is 12.4 Å². The molecule has 2 nitrogen and oxygen atoms in total. The standard InChI is InChI=1S/C8H10N2/c1-3-9-6-8-2-4-10-5-7(1)8/h5-6H,1-4H2. The number of nitrogens with zero attached hydrogens (tertiary/aromatic N) is 2. The van der Waals surface area contributed by atoms with Gasteiger partial charge in [-0.05, 0) is 24.0 Å². The summed E-state index contributed by atoms with van der Waals surface area (Å²) in [5.74, 6) is 0. The Morgan fingerprint density at radius 1 is 0.900 bits per heavy atom. The number of rotatable bonds is 0. The molecule has 2 aliphatic rings. The first kappa shape index (κ1) is 5.83. The monoisotopic (exact) mass is 134 g/mol. The maximum Gasteiger partial charge on any atom is 0.0430 e. The summed E-state index contributed by atoms with van der Waals surface area (Å²) in [6.45, 7) is 1.90. The topological polar surface area (TPSA) is 24.7 Å². The van der Waals surface area contributed by atoms with Crippen LogP contribution in [0.4, 0.5) is 0 Å². The molecule has 0 radical (unpaired) electrons. The highest BCUT2D eigenvalue weighted by molar-refractivity contribution is 5.93. The predicted octanol–water partition coefficient (Wildman–Crippen LogP) is 1.23. The van der Waals surface area contributed by atoms with Crippen LogP contribution >= 0.6 is 0 Å². The minimum atomic E-state index is 0.949. The van der Waals surface area contributed by atoms with Crippen LogP contribution in [0.5, 0.6) is 0 Å². The zero-order chi connectivity index (χ0) is 6.81. The van der Waals surface area contributed by atoms with Crippen molar-refractivity contribution in [1.29, 1.82) is 0 Å². The van der Waals surface area contributed by atoms with E-state index in [1.165, 1.54) is 11.1 Å². The molecule has 0 saturated carbocycles. The van der Waals surface area contributed by atoms with Crippen LogP contribution in [-0.2, 0) is 0 Å². The van der Waals surface area contributed by atoms with Gasteiger partial charge >= 0.3 is 0 Å². The molecule has 0 bridgehead atoms. The third-order valence-electron chi connectivity index (χ3n) is 1.93. The van der Waals surface area contributed by atoms with E-state index in [9.17, 15) is 0 Å². The number of hydrogen-bond acceptors (Lipinski definition) is 2. The van der Waals surface area contributed by atoms with Gasteiger partial charge < -0.3 is 0 Å². The molecular formula is C8H10N2. The second-order valence-corrected chi connectivity index (χ2v) is 2.62. The largest absolute Gasteiger partial charge is 0.293 e. The van der Waals surface area contributed by atoms with Crippen LogP contribution in [0.25, 0.3) is 0 Å². The van der Waals surface area contributed by atoms with Gasteiger partial charge in [-0.15, -0.1) is 0 Å². The fraction of sp³-hybridized carbons (Fsp3) is 0.500. The van der Waals surface area contributed by atoms with Gasteiger partial charge in [0.15, 0.2) is 0 Å². The van der Waals surface area contributed by atoms with Gasteiger partial charge in [0.05, 0.1) is 0 Å². The molecule has 2 heteroatoms. The summed E-state index contributed by atoms with van der Waals surface area (Å²) in [5, 5.41) is 0. The average molecular weight is 134 g/mol. The molecule has 0 amide bonds. The summed E-state index contributed by atoms with van der Waals surface area (Å²) >= 11 is 0. The third-order valence-corrected chi connectivity index (χ3v) is 1.93. The molecular weight excluding hydrogens is 124 g/mol. The predicted molar refractivity (Wildman–Crippen MR) is 43.0 cm³/mol. The van der Waals surface area contributed by atoms with E-state index in [-0.39, 0.29) is 0 Å². The lowest BCUT2D eigenvalue weighted by Crippen LogP contribution is -2.08. The second-order valence-electron chi connectivity index (χ2n) is 2.62. The van der Waals surface area contributed by atoms with Gasteiger partial charge in [-0.1, -0.05) is 0 Å². The van der Waals surface area contributed by atoms with Crippen LogP contribution in [0, 0.1) is 0 Å². The summed E-state index contributed by atoms with van der Waals surface area (Å²) in [7, 11) is 0. The quantitative estimate of drug-likeness (QED) is 0.476. The third kappa shape index (κ3) is 0.897. The second kappa shape index (κ2) is 2.37. The van der Waals surface area contributed by atoms with Crippen molar-refractivity contribution < 1.29 is 0 Å². The van der Waals surface area contributed by atoms with Crippen molar-refractivity contribution in [2.45, 2.75) is 12.8 Å². The Morgan fingerprint density at radius 2 is 1.40 bits per heavy atom. The summed E-state index contributed by atoms with van der Waals surface area (Å²) in [5.41, 5.74) is 2.81. The number of dihydropyridines is 2. The van der Waals surface area contributed by atoms with Crippen molar-refractivity contribution in [3.8, 4) is 0 Å². The summed E-state index contributed by atoms with van der Waals surface area (Å²) in [6.07, 6.45) is 6.19. The number of aliphatic imine (C=N–C) groups is 2. The Balaban J connectivity index is 2.32. The molecule has 0 atom stereocenters. The molecule has 0 aromatic carbocycles. The highest BCUT2D eigenvalue weighted by atomic mass is 14.8. The first-order valence-electron chi connectivity index (χ1n) is 3.68. The molecule has 0 fully saturated rings. The van der Waals surface area contributed by atoms with Gasteiger partial charge in [0, 0.05) is 25.5 Å². The average Bonchev–Trinajstić information content (AvgIpc) is 2.05. The van der Waals surface area contributed by atoms with Crippen molar-refractivity contribution in [1.82, 2.24) is 0 Å². The molecule has 10 heavy (non-hydrogen) atoms. The lowest BCUT2D eigenvalue weighted by atomic mass is 10.00. The molecule has 2 heterocycles. The maximum absolute atomic E-state index is 4.22.